The maximum atomic E-state index is 5.37. The molecule has 0 spiro atoms. The van der Waals surface area contributed by atoms with Gasteiger partial charge >= 0.3 is 0 Å². The van der Waals surface area contributed by atoms with Crippen LogP contribution in [0, 0.1) is 3.57 Å². The zero-order valence-electron chi connectivity index (χ0n) is 11.9. The van der Waals surface area contributed by atoms with Gasteiger partial charge in [-0.05, 0) is 42.5 Å². The third-order valence-corrected chi connectivity index (χ3v) is 4.68. The van der Waals surface area contributed by atoms with Gasteiger partial charge in [-0.15, -0.1) is 0 Å². The zero-order valence-corrected chi connectivity index (χ0v) is 14.1. The topological polar surface area (TPSA) is 28.6 Å². The van der Waals surface area contributed by atoms with Crippen molar-refractivity contribution in [3.05, 3.63) is 21.4 Å². The Balaban J connectivity index is 1.99. The average Bonchev–Trinajstić information content (AvgIpc) is 2.41. The third-order valence-electron chi connectivity index (χ3n) is 3.67. The molecule has 1 aromatic rings. The summed E-state index contributed by atoms with van der Waals surface area (Å²) >= 11 is 2.36. The van der Waals surface area contributed by atoms with Gasteiger partial charge in [-0.25, -0.2) is 4.98 Å². The largest absolute Gasteiger partial charge is 0.481 e. The standard InChI is InChI=1S/C14H22IN3O/c1-11(2)18-8-6-17(7-9-18)10-12-13(15)4-5-16-14(12)19-3/h4-5,11H,6-10H2,1-3H3. The molecule has 0 bridgehead atoms. The van der Waals surface area contributed by atoms with Gasteiger partial charge < -0.3 is 4.74 Å². The first kappa shape index (κ1) is 15.0. The molecule has 0 aliphatic carbocycles. The van der Waals surface area contributed by atoms with Gasteiger partial charge in [0.1, 0.15) is 0 Å². The van der Waals surface area contributed by atoms with Crippen molar-refractivity contribution in [3.63, 3.8) is 0 Å². The van der Waals surface area contributed by atoms with Crippen LogP contribution in [0.25, 0.3) is 0 Å². The fraction of sp³-hybridized carbons (Fsp3) is 0.643. The molecule has 0 radical (unpaired) electrons. The first-order valence-corrected chi connectivity index (χ1v) is 7.83. The number of aromatic nitrogens is 1. The summed E-state index contributed by atoms with van der Waals surface area (Å²) in [6, 6.07) is 2.69. The second kappa shape index (κ2) is 6.85. The Kier molecular flexibility index (Phi) is 5.41. The van der Waals surface area contributed by atoms with Crippen molar-refractivity contribution in [3.8, 4) is 5.88 Å². The summed E-state index contributed by atoms with van der Waals surface area (Å²) in [5.41, 5.74) is 1.21. The lowest BCUT2D eigenvalue weighted by Crippen LogP contribution is -2.48. The van der Waals surface area contributed by atoms with Crippen molar-refractivity contribution in [2.75, 3.05) is 33.3 Å². The first-order chi connectivity index (χ1) is 9.11. The normalized spacial score (nSPS) is 17.9. The average molecular weight is 375 g/mol. The van der Waals surface area contributed by atoms with E-state index in [1.807, 2.05) is 6.07 Å². The number of halogens is 1. The van der Waals surface area contributed by atoms with Gasteiger partial charge in [0.2, 0.25) is 5.88 Å². The predicted octanol–water partition coefficient (Wildman–Crippen LogP) is 2.22. The highest BCUT2D eigenvalue weighted by Gasteiger charge is 2.20. The molecule has 2 rings (SSSR count). The molecular weight excluding hydrogens is 353 g/mol. The minimum atomic E-state index is 0.648. The molecular formula is C14H22IN3O. The van der Waals surface area contributed by atoms with Gasteiger partial charge in [-0.1, -0.05) is 0 Å². The van der Waals surface area contributed by atoms with E-state index in [0.29, 0.717) is 6.04 Å². The molecule has 19 heavy (non-hydrogen) atoms. The van der Waals surface area contributed by atoms with E-state index < -0.39 is 0 Å². The van der Waals surface area contributed by atoms with E-state index >= 15 is 0 Å². The van der Waals surface area contributed by atoms with E-state index in [-0.39, 0.29) is 0 Å². The minimum Gasteiger partial charge on any atom is -0.481 e. The Bertz CT molecular complexity index is 417. The quantitative estimate of drug-likeness (QED) is 0.755. The van der Waals surface area contributed by atoms with Gasteiger partial charge in [-0.2, -0.15) is 0 Å². The van der Waals surface area contributed by atoms with Crippen LogP contribution in [0.15, 0.2) is 12.3 Å². The van der Waals surface area contributed by atoms with E-state index in [1.54, 1.807) is 13.3 Å². The molecule has 1 saturated heterocycles. The van der Waals surface area contributed by atoms with Gasteiger partial charge in [0.15, 0.2) is 0 Å². The maximum absolute atomic E-state index is 5.37. The Morgan fingerprint density at radius 3 is 2.58 bits per heavy atom. The van der Waals surface area contributed by atoms with E-state index in [0.717, 1.165) is 38.6 Å². The Morgan fingerprint density at radius 1 is 1.32 bits per heavy atom. The van der Waals surface area contributed by atoms with Crippen LogP contribution in [-0.4, -0.2) is 54.1 Å². The summed E-state index contributed by atoms with van der Waals surface area (Å²) in [6.07, 6.45) is 1.81. The van der Waals surface area contributed by atoms with Crippen molar-refractivity contribution in [2.24, 2.45) is 0 Å². The highest BCUT2D eigenvalue weighted by molar-refractivity contribution is 14.1. The summed E-state index contributed by atoms with van der Waals surface area (Å²) in [5, 5.41) is 0. The van der Waals surface area contributed by atoms with E-state index in [4.69, 9.17) is 4.74 Å². The van der Waals surface area contributed by atoms with Crippen molar-refractivity contribution in [1.29, 1.82) is 0 Å². The molecule has 1 aromatic heterocycles. The molecule has 0 saturated carbocycles. The van der Waals surface area contributed by atoms with E-state index in [2.05, 4.69) is 51.2 Å². The van der Waals surface area contributed by atoms with Crippen LogP contribution >= 0.6 is 22.6 Å². The van der Waals surface area contributed by atoms with Crippen LogP contribution in [0.4, 0.5) is 0 Å². The Morgan fingerprint density at radius 2 is 2.00 bits per heavy atom. The van der Waals surface area contributed by atoms with Gasteiger partial charge in [0.25, 0.3) is 0 Å². The maximum Gasteiger partial charge on any atom is 0.218 e. The number of hydrogen-bond donors (Lipinski definition) is 0. The van der Waals surface area contributed by atoms with E-state index in [1.165, 1.54) is 9.13 Å². The molecule has 2 heterocycles. The van der Waals surface area contributed by atoms with Crippen molar-refractivity contribution < 1.29 is 4.74 Å². The highest BCUT2D eigenvalue weighted by Crippen LogP contribution is 2.23. The van der Waals surface area contributed by atoms with Crippen LogP contribution in [0.2, 0.25) is 0 Å². The molecule has 0 atom stereocenters. The fourth-order valence-corrected chi connectivity index (χ4v) is 2.99. The molecule has 4 nitrogen and oxygen atoms in total. The highest BCUT2D eigenvalue weighted by atomic mass is 127. The molecule has 0 aromatic carbocycles. The molecule has 1 fully saturated rings. The number of piperazine rings is 1. The number of pyridine rings is 1. The van der Waals surface area contributed by atoms with Gasteiger partial charge in [-0.3, -0.25) is 9.80 Å². The lowest BCUT2D eigenvalue weighted by molar-refractivity contribution is 0.103. The fourth-order valence-electron chi connectivity index (χ4n) is 2.43. The zero-order chi connectivity index (χ0) is 13.8. The molecule has 1 aliphatic rings. The molecule has 0 unspecified atom stereocenters. The monoisotopic (exact) mass is 375 g/mol. The summed E-state index contributed by atoms with van der Waals surface area (Å²) in [4.78, 5) is 9.32. The van der Waals surface area contributed by atoms with Crippen LogP contribution in [0.1, 0.15) is 19.4 Å². The van der Waals surface area contributed by atoms with Crippen LogP contribution in [-0.2, 0) is 6.54 Å². The number of rotatable bonds is 4. The number of ether oxygens (including phenoxy) is 1. The molecule has 5 heteroatoms. The lowest BCUT2D eigenvalue weighted by Gasteiger charge is -2.37. The SMILES string of the molecule is COc1nccc(I)c1CN1CCN(C(C)C)CC1. The Hall–Kier alpha value is -0.400. The van der Waals surface area contributed by atoms with E-state index in [9.17, 15) is 0 Å². The summed E-state index contributed by atoms with van der Waals surface area (Å²) < 4.78 is 6.61. The third kappa shape index (κ3) is 3.79. The van der Waals surface area contributed by atoms with Gasteiger partial charge in [0, 0.05) is 54.1 Å². The minimum absolute atomic E-state index is 0.648. The van der Waals surface area contributed by atoms with Crippen molar-refractivity contribution in [1.82, 2.24) is 14.8 Å². The second-order valence-electron chi connectivity index (χ2n) is 5.19. The van der Waals surface area contributed by atoms with Crippen LogP contribution < -0.4 is 4.74 Å². The number of nitrogens with zero attached hydrogens (tertiary/aromatic N) is 3. The predicted molar refractivity (Wildman–Crippen MR) is 85.5 cm³/mol. The van der Waals surface area contributed by atoms with Crippen molar-refractivity contribution in [2.45, 2.75) is 26.4 Å². The Labute approximate surface area is 129 Å². The number of hydrogen-bond acceptors (Lipinski definition) is 4. The summed E-state index contributed by atoms with van der Waals surface area (Å²) in [6.45, 7) is 10.00. The molecule has 1 aliphatic heterocycles. The molecule has 0 N–H and O–H groups in total. The first-order valence-electron chi connectivity index (χ1n) is 6.75. The second-order valence-corrected chi connectivity index (χ2v) is 6.35. The van der Waals surface area contributed by atoms with Crippen molar-refractivity contribution >= 4 is 22.6 Å². The van der Waals surface area contributed by atoms with Gasteiger partial charge in [0.05, 0.1) is 7.11 Å². The molecule has 106 valence electrons. The molecule has 0 amide bonds. The smallest absolute Gasteiger partial charge is 0.218 e. The number of methoxy groups -OCH3 is 1. The summed E-state index contributed by atoms with van der Waals surface area (Å²) in [5.74, 6) is 0.762. The van der Waals surface area contributed by atoms with Crippen LogP contribution in [0.5, 0.6) is 5.88 Å². The lowest BCUT2D eigenvalue weighted by atomic mass is 10.2. The summed E-state index contributed by atoms with van der Waals surface area (Å²) in [7, 11) is 1.69. The van der Waals surface area contributed by atoms with Crippen LogP contribution in [0.3, 0.4) is 0 Å².